The van der Waals surface area contributed by atoms with Crippen LogP contribution in [0.2, 0.25) is 0 Å². The standard InChI is InChI=1S/C18H18N4O3S3/c19-13-27-16-5-1-14(2-6-16)20-18(26)21-15-3-7-17(8-4-15)28(23,24)22-9-11-25-12-10-22/h1-8H,9-12H2,(H2,20,21,26). The van der Waals surface area contributed by atoms with Crippen LogP contribution in [0, 0.1) is 10.7 Å². The summed E-state index contributed by atoms with van der Waals surface area (Å²) in [5.74, 6) is 0. The van der Waals surface area contributed by atoms with E-state index in [4.69, 9.17) is 22.2 Å². The molecule has 1 aliphatic heterocycles. The number of hydrogen-bond donors (Lipinski definition) is 2. The molecule has 2 aromatic rings. The van der Waals surface area contributed by atoms with Crippen molar-refractivity contribution in [1.82, 2.24) is 4.31 Å². The molecule has 1 saturated heterocycles. The lowest BCUT2D eigenvalue weighted by Crippen LogP contribution is -2.40. The second kappa shape index (κ2) is 9.36. The predicted molar refractivity (Wildman–Crippen MR) is 114 cm³/mol. The van der Waals surface area contributed by atoms with Gasteiger partial charge in [-0.3, -0.25) is 0 Å². The number of hydrogen-bond acceptors (Lipinski definition) is 6. The van der Waals surface area contributed by atoms with Crippen molar-refractivity contribution in [3.63, 3.8) is 0 Å². The van der Waals surface area contributed by atoms with E-state index in [1.807, 2.05) is 29.7 Å². The molecular weight excluding hydrogens is 416 g/mol. The summed E-state index contributed by atoms with van der Waals surface area (Å²) in [6, 6.07) is 13.8. The number of anilines is 2. The Bertz CT molecular complexity index is 965. The van der Waals surface area contributed by atoms with Crippen LogP contribution in [0.25, 0.3) is 0 Å². The molecule has 10 heteroatoms. The fourth-order valence-corrected chi connectivity index (χ4v) is 4.62. The molecule has 7 nitrogen and oxygen atoms in total. The number of thiocyanates is 1. The van der Waals surface area contributed by atoms with E-state index in [-0.39, 0.29) is 4.90 Å². The van der Waals surface area contributed by atoms with Crippen LogP contribution in [0.5, 0.6) is 0 Å². The Morgan fingerprint density at radius 3 is 2.11 bits per heavy atom. The van der Waals surface area contributed by atoms with Crippen molar-refractivity contribution in [3.8, 4) is 5.40 Å². The summed E-state index contributed by atoms with van der Waals surface area (Å²) in [5.41, 5.74) is 1.46. The highest BCUT2D eigenvalue weighted by Crippen LogP contribution is 2.21. The molecule has 0 aliphatic carbocycles. The molecule has 146 valence electrons. The van der Waals surface area contributed by atoms with E-state index < -0.39 is 10.0 Å². The highest BCUT2D eigenvalue weighted by molar-refractivity contribution is 8.03. The monoisotopic (exact) mass is 434 g/mol. The fraction of sp³-hybridized carbons (Fsp3) is 0.222. The van der Waals surface area contributed by atoms with Crippen molar-refractivity contribution in [2.45, 2.75) is 9.79 Å². The van der Waals surface area contributed by atoms with E-state index >= 15 is 0 Å². The van der Waals surface area contributed by atoms with Crippen LogP contribution in [0.1, 0.15) is 0 Å². The van der Waals surface area contributed by atoms with Gasteiger partial charge in [0.05, 0.1) is 18.1 Å². The number of benzene rings is 2. The first-order valence-corrected chi connectivity index (χ1v) is 11.1. The highest BCUT2D eigenvalue weighted by atomic mass is 32.2. The van der Waals surface area contributed by atoms with Crippen LogP contribution >= 0.6 is 24.0 Å². The molecule has 0 aromatic heterocycles. The molecule has 3 rings (SSSR count). The predicted octanol–water partition coefficient (Wildman–Crippen LogP) is 3.09. The van der Waals surface area contributed by atoms with Gasteiger partial charge in [0, 0.05) is 29.4 Å². The molecule has 0 spiro atoms. The SMILES string of the molecule is N#CSc1ccc(NC(=S)Nc2ccc(S(=O)(=O)N3CCOCC3)cc2)cc1. The van der Waals surface area contributed by atoms with Crippen molar-refractivity contribution in [3.05, 3.63) is 48.5 Å². The van der Waals surface area contributed by atoms with Gasteiger partial charge in [-0.15, -0.1) is 0 Å². The van der Waals surface area contributed by atoms with Crippen LogP contribution in [0.15, 0.2) is 58.3 Å². The van der Waals surface area contributed by atoms with Gasteiger partial charge < -0.3 is 15.4 Å². The lowest BCUT2D eigenvalue weighted by atomic mass is 10.3. The number of ether oxygens (including phenoxy) is 1. The molecule has 2 N–H and O–H groups in total. The second-order valence-electron chi connectivity index (χ2n) is 5.84. The van der Waals surface area contributed by atoms with E-state index in [9.17, 15) is 8.42 Å². The Hall–Kier alpha value is -2.16. The number of nitriles is 1. The zero-order chi connectivity index (χ0) is 20.0. The third-order valence-electron chi connectivity index (χ3n) is 4.00. The maximum atomic E-state index is 12.6. The molecule has 0 unspecified atom stereocenters. The fourth-order valence-electron chi connectivity index (χ4n) is 2.60. The molecule has 28 heavy (non-hydrogen) atoms. The minimum Gasteiger partial charge on any atom is -0.379 e. The molecule has 0 saturated carbocycles. The van der Waals surface area contributed by atoms with E-state index in [1.165, 1.54) is 4.31 Å². The molecule has 0 radical (unpaired) electrons. The summed E-state index contributed by atoms with van der Waals surface area (Å²) >= 11 is 6.38. The van der Waals surface area contributed by atoms with Crippen LogP contribution in [0.3, 0.4) is 0 Å². The van der Waals surface area contributed by atoms with Gasteiger partial charge in [-0.05, 0) is 72.5 Å². The highest BCUT2D eigenvalue weighted by Gasteiger charge is 2.26. The van der Waals surface area contributed by atoms with E-state index in [1.54, 1.807) is 24.3 Å². The average Bonchev–Trinajstić information content (AvgIpc) is 2.71. The zero-order valence-corrected chi connectivity index (χ0v) is 17.2. The summed E-state index contributed by atoms with van der Waals surface area (Å²) in [6.45, 7) is 1.55. The van der Waals surface area contributed by atoms with Crippen molar-refractivity contribution >= 4 is 50.5 Å². The largest absolute Gasteiger partial charge is 0.379 e. The Morgan fingerprint density at radius 2 is 1.57 bits per heavy atom. The molecule has 0 amide bonds. The molecule has 1 heterocycles. The van der Waals surface area contributed by atoms with Crippen molar-refractivity contribution < 1.29 is 13.2 Å². The van der Waals surface area contributed by atoms with E-state index in [0.717, 1.165) is 22.3 Å². The van der Waals surface area contributed by atoms with Crippen LogP contribution < -0.4 is 10.6 Å². The molecular formula is C18H18N4O3S3. The molecule has 0 bridgehead atoms. The number of morpholine rings is 1. The van der Waals surface area contributed by atoms with Gasteiger partial charge in [0.1, 0.15) is 5.40 Å². The second-order valence-corrected chi connectivity index (χ2v) is 9.04. The Kier molecular flexibility index (Phi) is 6.88. The molecule has 2 aromatic carbocycles. The van der Waals surface area contributed by atoms with Gasteiger partial charge in [0.25, 0.3) is 0 Å². The Morgan fingerprint density at radius 1 is 1.04 bits per heavy atom. The molecule has 0 atom stereocenters. The van der Waals surface area contributed by atoms with Gasteiger partial charge in [-0.2, -0.15) is 9.57 Å². The third kappa shape index (κ3) is 5.21. The van der Waals surface area contributed by atoms with Crippen LogP contribution in [0.4, 0.5) is 11.4 Å². The smallest absolute Gasteiger partial charge is 0.243 e. The summed E-state index contributed by atoms with van der Waals surface area (Å²) in [7, 11) is -3.51. The van der Waals surface area contributed by atoms with Gasteiger partial charge in [0.15, 0.2) is 5.11 Å². The maximum Gasteiger partial charge on any atom is 0.243 e. The summed E-state index contributed by atoms with van der Waals surface area (Å²) < 4.78 is 31.9. The first-order valence-electron chi connectivity index (χ1n) is 8.41. The first-order chi connectivity index (χ1) is 13.5. The number of rotatable bonds is 5. The minimum absolute atomic E-state index is 0.240. The summed E-state index contributed by atoms with van der Waals surface area (Å²) in [5, 5.41) is 17.1. The normalized spacial score (nSPS) is 14.8. The van der Waals surface area contributed by atoms with Crippen LogP contribution in [-0.4, -0.2) is 44.1 Å². The number of nitrogens with one attached hydrogen (secondary N) is 2. The first kappa shape index (κ1) is 20.6. The van der Waals surface area contributed by atoms with E-state index in [0.29, 0.717) is 37.1 Å². The Labute approximate surface area is 173 Å². The number of sulfonamides is 1. The summed E-state index contributed by atoms with van der Waals surface area (Å²) in [4.78, 5) is 1.09. The minimum atomic E-state index is -3.51. The average molecular weight is 435 g/mol. The van der Waals surface area contributed by atoms with Crippen LogP contribution in [-0.2, 0) is 14.8 Å². The van der Waals surface area contributed by atoms with Gasteiger partial charge in [0.2, 0.25) is 10.0 Å². The lowest BCUT2D eigenvalue weighted by Gasteiger charge is -2.26. The molecule has 1 fully saturated rings. The molecule has 1 aliphatic rings. The van der Waals surface area contributed by atoms with Gasteiger partial charge >= 0.3 is 0 Å². The van der Waals surface area contributed by atoms with Gasteiger partial charge in [-0.25, -0.2) is 8.42 Å². The van der Waals surface area contributed by atoms with E-state index in [2.05, 4.69) is 10.6 Å². The lowest BCUT2D eigenvalue weighted by molar-refractivity contribution is 0.0730. The van der Waals surface area contributed by atoms with Crippen molar-refractivity contribution in [2.75, 3.05) is 36.9 Å². The third-order valence-corrected chi connectivity index (χ3v) is 6.71. The number of thiocarbonyl (C=S) groups is 1. The zero-order valence-electron chi connectivity index (χ0n) is 14.8. The maximum absolute atomic E-state index is 12.6. The van der Waals surface area contributed by atoms with Crippen molar-refractivity contribution in [2.24, 2.45) is 0 Å². The van der Waals surface area contributed by atoms with Crippen molar-refractivity contribution in [1.29, 1.82) is 5.26 Å². The number of thioether (sulfide) groups is 1. The summed E-state index contributed by atoms with van der Waals surface area (Å²) in [6.07, 6.45) is 0. The van der Waals surface area contributed by atoms with Gasteiger partial charge in [-0.1, -0.05) is 0 Å². The Balaban J connectivity index is 1.60. The number of nitrogens with zero attached hydrogens (tertiary/aromatic N) is 2. The topological polar surface area (TPSA) is 94.5 Å². The quantitative estimate of drug-likeness (QED) is 0.421.